The fourth-order valence-corrected chi connectivity index (χ4v) is 2.76. The first-order chi connectivity index (χ1) is 14.1. The SMILES string of the molecule is COC(=O)C1=C(C(=O)OC)N(c2ccc(NC(=O)OC(C)(C)C)c(Cl)c2)C=CC=C1. The molecule has 30 heavy (non-hydrogen) atoms. The molecule has 8 nitrogen and oxygen atoms in total. The van der Waals surface area contributed by atoms with Gasteiger partial charge in [-0.2, -0.15) is 0 Å². The van der Waals surface area contributed by atoms with E-state index in [-0.39, 0.29) is 16.3 Å². The maximum Gasteiger partial charge on any atom is 0.412 e. The number of esters is 2. The molecule has 1 aromatic rings. The van der Waals surface area contributed by atoms with Gasteiger partial charge in [0.2, 0.25) is 0 Å². The lowest BCUT2D eigenvalue weighted by atomic mass is 10.1. The van der Waals surface area contributed by atoms with Crippen LogP contribution in [0.2, 0.25) is 5.02 Å². The summed E-state index contributed by atoms with van der Waals surface area (Å²) in [4.78, 5) is 38.1. The molecule has 1 amide bonds. The van der Waals surface area contributed by atoms with Gasteiger partial charge in [-0.05, 0) is 51.1 Å². The second-order valence-corrected chi connectivity index (χ2v) is 7.51. The predicted molar refractivity (Wildman–Crippen MR) is 113 cm³/mol. The van der Waals surface area contributed by atoms with Crippen LogP contribution in [0.4, 0.5) is 16.2 Å². The number of nitrogens with zero attached hydrogens (tertiary/aromatic N) is 1. The second-order valence-electron chi connectivity index (χ2n) is 7.11. The molecule has 0 saturated carbocycles. The minimum atomic E-state index is -0.737. The smallest absolute Gasteiger partial charge is 0.412 e. The third kappa shape index (κ3) is 5.64. The van der Waals surface area contributed by atoms with Crippen LogP contribution in [-0.2, 0) is 23.8 Å². The number of anilines is 2. The third-order valence-corrected chi connectivity index (χ3v) is 4.07. The molecule has 1 aromatic carbocycles. The second kappa shape index (κ2) is 9.49. The minimum Gasteiger partial charge on any atom is -0.465 e. The maximum atomic E-state index is 12.5. The van der Waals surface area contributed by atoms with E-state index in [2.05, 4.69) is 5.32 Å². The number of halogens is 1. The van der Waals surface area contributed by atoms with E-state index < -0.39 is 23.6 Å². The number of benzene rings is 1. The highest BCUT2D eigenvalue weighted by Crippen LogP contribution is 2.32. The molecule has 0 saturated heterocycles. The Morgan fingerprint density at radius 3 is 2.27 bits per heavy atom. The van der Waals surface area contributed by atoms with Crippen molar-refractivity contribution in [1.82, 2.24) is 0 Å². The van der Waals surface area contributed by atoms with Crippen molar-refractivity contribution >= 4 is 41.0 Å². The van der Waals surface area contributed by atoms with E-state index in [0.717, 1.165) is 0 Å². The van der Waals surface area contributed by atoms with Crippen molar-refractivity contribution in [1.29, 1.82) is 0 Å². The number of carbonyl (C=O) groups excluding carboxylic acids is 3. The van der Waals surface area contributed by atoms with Gasteiger partial charge in [0.15, 0.2) is 0 Å². The lowest BCUT2D eigenvalue weighted by Gasteiger charge is -2.24. The van der Waals surface area contributed by atoms with Crippen LogP contribution in [0.5, 0.6) is 0 Å². The van der Waals surface area contributed by atoms with Crippen molar-refractivity contribution in [3.8, 4) is 0 Å². The molecular formula is C21H23ClN2O6. The van der Waals surface area contributed by atoms with E-state index in [1.165, 1.54) is 31.3 Å². The molecule has 1 heterocycles. The Morgan fingerprint density at radius 2 is 1.70 bits per heavy atom. The van der Waals surface area contributed by atoms with Gasteiger partial charge in [-0.3, -0.25) is 5.32 Å². The quantitative estimate of drug-likeness (QED) is 0.561. The summed E-state index contributed by atoms with van der Waals surface area (Å²) >= 11 is 6.33. The molecule has 0 fully saturated rings. The molecule has 0 aromatic heterocycles. The molecule has 0 bridgehead atoms. The van der Waals surface area contributed by atoms with Crippen LogP contribution in [0, 0.1) is 0 Å². The van der Waals surface area contributed by atoms with Gasteiger partial charge >= 0.3 is 18.0 Å². The summed E-state index contributed by atoms with van der Waals surface area (Å²) in [6, 6.07) is 4.70. The van der Waals surface area contributed by atoms with Crippen molar-refractivity contribution in [2.45, 2.75) is 26.4 Å². The summed E-state index contributed by atoms with van der Waals surface area (Å²) in [5, 5.41) is 2.77. The fraction of sp³-hybridized carbons (Fsp3) is 0.286. The summed E-state index contributed by atoms with van der Waals surface area (Å²) in [6.07, 6.45) is 5.61. The number of rotatable bonds is 4. The maximum absolute atomic E-state index is 12.5. The highest BCUT2D eigenvalue weighted by molar-refractivity contribution is 6.34. The highest BCUT2D eigenvalue weighted by atomic mass is 35.5. The van der Waals surface area contributed by atoms with Gasteiger partial charge in [-0.25, -0.2) is 14.4 Å². The van der Waals surface area contributed by atoms with Gasteiger partial charge < -0.3 is 19.1 Å². The van der Waals surface area contributed by atoms with Gasteiger partial charge in [0, 0.05) is 11.9 Å². The molecule has 0 aliphatic carbocycles. The predicted octanol–water partition coefficient (Wildman–Crippen LogP) is 4.18. The van der Waals surface area contributed by atoms with Gasteiger partial charge in [-0.15, -0.1) is 0 Å². The topological polar surface area (TPSA) is 94.2 Å². The molecule has 1 N–H and O–H groups in total. The Labute approximate surface area is 179 Å². The number of methoxy groups -OCH3 is 2. The first kappa shape index (κ1) is 23.0. The number of carbonyl (C=O) groups is 3. The molecule has 0 atom stereocenters. The first-order valence-electron chi connectivity index (χ1n) is 8.92. The van der Waals surface area contributed by atoms with Gasteiger partial charge in [0.05, 0.1) is 30.5 Å². The average Bonchev–Trinajstić information content (AvgIpc) is 2.89. The molecule has 0 unspecified atom stereocenters. The van der Waals surface area contributed by atoms with E-state index in [4.69, 9.17) is 25.8 Å². The van der Waals surface area contributed by atoms with Crippen molar-refractivity contribution < 1.29 is 28.6 Å². The number of allylic oxidation sites excluding steroid dienone is 2. The molecule has 9 heteroatoms. The lowest BCUT2D eigenvalue weighted by Crippen LogP contribution is -2.28. The normalized spacial score (nSPS) is 13.6. The Bertz CT molecular complexity index is 943. The van der Waals surface area contributed by atoms with Gasteiger partial charge in [0.1, 0.15) is 11.3 Å². The van der Waals surface area contributed by atoms with E-state index in [0.29, 0.717) is 11.4 Å². The van der Waals surface area contributed by atoms with Crippen molar-refractivity contribution in [2.75, 3.05) is 24.4 Å². The average molecular weight is 435 g/mol. The van der Waals surface area contributed by atoms with Crippen molar-refractivity contribution in [2.24, 2.45) is 0 Å². The molecule has 2 rings (SSSR count). The first-order valence-corrected chi connectivity index (χ1v) is 9.29. The van der Waals surface area contributed by atoms with Crippen LogP contribution < -0.4 is 10.2 Å². The van der Waals surface area contributed by atoms with Crippen molar-refractivity contribution in [3.63, 3.8) is 0 Å². The molecule has 0 radical (unpaired) electrons. The minimum absolute atomic E-state index is 0.0152. The highest BCUT2D eigenvalue weighted by Gasteiger charge is 2.28. The Hall–Kier alpha value is -3.26. The Balaban J connectivity index is 2.43. The lowest BCUT2D eigenvalue weighted by molar-refractivity contribution is -0.139. The molecule has 160 valence electrons. The van der Waals surface area contributed by atoms with Crippen LogP contribution >= 0.6 is 11.6 Å². The summed E-state index contributed by atoms with van der Waals surface area (Å²) in [5.41, 5.74) is 0.0877. The number of amides is 1. The third-order valence-electron chi connectivity index (χ3n) is 3.76. The van der Waals surface area contributed by atoms with Crippen LogP contribution in [0.1, 0.15) is 20.8 Å². The standard InChI is InChI=1S/C21H23ClN2O6/c1-21(2,3)30-20(27)23-16-10-9-13(12-15(16)22)24-11-7-6-8-14(18(25)28-4)17(24)19(26)29-5/h6-12H,1-5H3,(H,23,27). The van der Waals surface area contributed by atoms with E-state index in [1.54, 1.807) is 51.3 Å². The largest absolute Gasteiger partial charge is 0.465 e. The number of hydrogen-bond donors (Lipinski definition) is 1. The zero-order chi connectivity index (χ0) is 22.5. The Morgan fingerprint density at radius 1 is 1.03 bits per heavy atom. The number of nitrogens with one attached hydrogen (secondary N) is 1. The number of ether oxygens (including phenoxy) is 3. The van der Waals surface area contributed by atoms with E-state index >= 15 is 0 Å². The Kier molecular flexibility index (Phi) is 7.28. The molecule has 0 spiro atoms. The zero-order valence-electron chi connectivity index (χ0n) is 17.3. The van der Waals surface area contributed by atoms with E-state index in [1.807, 2.05) is 0 Å². The van der Waals surface area contributed by atoms with Crippen LogP contribution in [0.15, 0.2) is 53.9 Å². The fourth-order valence-electron chi connectivity index (χ4n) is 2.53. The summed E-state index contributed by atoms with van der Waals surface area (Å²) in [6.45, 7) is 5.24. The molecule has 1 aliphatic rings. The van der Waals surface area contributed by atoms with Crippen LogP contribution in [-0.4, -0.2) is 37.9 Å². The molecular weight excluding hydrogens is 412 g/mol. The van der Waals surface area contributed by atoms with Gasteiger partial charge in [0.25, 0.3) is 0 Å². The summed E-state index contributed by atoms with van der Waals surface area (Å²) in [7, 11) is 2.43. The zero-order valence-corrected chi connectivity index (χ0v) is 18.1. The van der Waals surface area contributed by atoms with Crippen molar-refractivity contribution in [3.05, 3.63) is 58.9 Å². The number of hydrogen-bond acceptors (Lipinski definition) is 7. The van der Waals surface area contributed by atoms with Crippen LogP contribution in [0.3, 0.4) is 0 Å². The van der Waals surface area contributed by atoms with Gasteiger partial charge in [-0.1, -0.05) is 17.7 Å². The monoisotopic (exact) mass is 434 g/mol. The summed E-state index contributed by atoms with van der Waals surface area (Å²) < 4.78 is 14.9. The van der Waals surface area contributed by atoms with E-state index in [9.17, 15) is 14.4 Å². The summed E-state index contributed by atoms with van der Waals surface area (Å²) in [5.74, 6) is -1.44. The molecule has 1 aliphatic heterocycles. The van der Waals surface area contributed by atoms with Crippen LogP contribution in [0.25, 0.3) is 0 Å².